The van der Waals surface area contributed by atoms with Crippen molar-refractivity contribution in [2.24, 2.45) is 0 Å². The second kappa shape index (κ2) is 16.1. The number of hydrogen-bond donors (Lipinski definition) is 3. The first-order valence-electron chi connectivity index (χ1n) is 7.59. The van der Waals surface area contributed by atoms with Crippen LogP contribution in [0.3, 0.4) is 0 Å². The maximum absolute atomic E-state index is 10.5. The molecule has 2 rings (SSSR count). The summed E-state index contributed by atoms with van der Waals surface area (Å²) in [6, 6.07) is 8.41. The highest BCUT2D eigenvalue weighted by molar-refractivity contribution is 5.69. The standard InChI is InChI=1S/C16H19NO2.CH4O.2CH2O/c1-12-5-7-13(8-6-12)9-14-3-2-4-15(10-14)17-11-16(18)19;3*1-2/h5-10,17H,2-4,11H2,1H3,(H,18,19);2H,1H3;2*1H2/b14-9+;;;. The molecule has 0 atom stereocenters. The van der Waals surface area contributed by atoms with Crippen LogP contribution in [0, 0.1) is 6.92 Å². The molecule has 0 amide bonds. The molecule has 138 valence electrons. The third-order valence-electron chi connectivity index (χ3n) is 3.17. The molecule has 0 aliphatic heterocycles. The lowest BCUT2D eigenvalue weighted by atomic mass is 9.97. The highest BCUT2D eigenvalue weighted by atomic mass is 16.4. The highest BCUT2D eigenvalue weighted by Gasteiger charge is 2.08. The van der Waals surface area contributed by atoms with Gasteiger partial charge in [-0.15, -0.1) is 0 Å². The molecule has 3 N–H and O–H groups in total. The van der Waals surface area contributed by atoms with Crippen LogP contribution in [0.5, 0.6) is 0 Å². The molecule has 0 bridgehead atoms. The van der Waals surface area contributed by atoms with Gasteiger partial charge in [-0.3, -0.25) is 4.79 Å². The summed E-state index contributed by atoms with van der Waals surface area (Å²) in [7, 11) is 1.00. The maximum atomic E-state index is 10.5. The normalized spacial score (nSPS) is 13.6. The van der Waals surface area contributed by atoms with Crippen LogP contribution in [0.4, 0.5) is 0 Å². The van der Waals surface area contributed by atoms with E-state index in [2.05, 4.69) is 48.7 Å². The third kappa shape index (κ3) is 11.4. The molecule has 1 aromatic carbocycles. The van der Waals surface area contributed by atoms with Crippen molar-refractivity contribution in [2.75, 3.05) is 13.7 Å². The fourth-order valence-corrected chi connectivity index (χ4v) is 2.17. The maximum Gasteiger partial charge on any atom is 0.322 e. The van der Waals surface area contributed by atoms with Crippen molar-refractivity contribution >= 4 is 25.6 Å². The summed E-state index contributed by atoms with van der Waals surface area (Å²) < 4.78 is 0. The van der Waals surface area contributed by atoms with Crippen LogP contribution in [-0.4, -0.2) is 43.4 Å². The Hall–Kier alpha value is -2.73. The van der Waals surface area contributed by atoms with Gasteiger partial charge in [-0.05, 0) is 43.4 Å². The lowest BCUT2D eigenvalue weighted by Gasteiger charge is -2.16. The van der Waals surface area contributed by atoms with Crippen molar-refractivity contribution in [1.29, 1.82) is 0 Å². The van der Waals surface area contributed by atoms with E-state index in [1.807, 2.05) is 13.6 Å². The van der Waals surface area contributed by atoms with E-state index >= 15 is 0 Å². The van der Waals surface area contributed by atoms with Crippen LogP contribution in [0.2, 0.25) is 0 Å². The van der Waals surface area contributed by atoms with E-state index in [-0.39, 0.29) is 6.54 Å². The molecule has 0 radical (unpaired) electrons. The first kappa shape index (κ1) is 24.5. The van der Waals surface area contributed by atoms with Gasteiger partial charge >= 0.3 is 5.97 Å². The number of aliphatic hydroxyl groups is 1. The van der Waals surface area contributed by atoms with Crippen LogP contribution >= 0.6 is 0 Å². The number of rotatable bonds is 4. The van der Waals surface area contributed by atoms with Crippen LogP contribution in [0.15, 0.2) is 41.6 Å². The molecule has 1 aliphatic carbocycles. The second-order valence-electron chi connectivity index (χ2n) is 4.90. The molecular weight excluding hydrogens is 322 g/mol. The van der Waals surface area contributed by atoms with Gasteiger partial charge in [0.15, 0.2) is 0 Å². The van der Waals surface area contributed by atoms with Gasteiger partial charge in [-0.1, -0.05) is 35.9 Å². The lowest BCUT2D eigenvalue weighted by Crippen LogP contribution is -2.23. The number of hydrogen-bond acceptors (Lipinski definition) is 5. The van der Waals surface area contributed by atoms with Crippen molar-refractivity contribution in [1.82, 2.24) is 5.32 Å². The van der Waals surface area contributed by atoms with Crippen LogP contribution < -0.4 is 5.32 Å². The summed E-state index contributed by atoms with van der Waals surface area (Å²) in [5.41, 5.74) is 4.72. The molecule has 1 aliphatic rings. The zero-order valence-corrected chi connectivity index (χ0v) is 14.8. The number of carbonyl (C=O) groups is 3. The van der Waals surface area contributed by atoms with Crippen LogP contribution in [-0.2, 0) is 14.4 Å². The average Bonchev–Trinajstić information content (AvgIpc) is 2.67. The molecule has 0 aromatic heterocycles. The minimum atomic E-state index is -0.824. The SMILES string of the molecule is C=O.C=O.CO.Cc1ccc(/C=C2/C=C(NCC(=O)O)CCC2)cc1. The van der Waals surface area contributed by atoms with Gasteiger partial charge in [0, 0.05) is 12.8 Å². The Morgan fingerprint density at radius 1 is 1.12 bits per heavy atom. The third-order valence-corrected chi connectivity index (χ3v) is 3.17. The zero-order valence-electron chi connectivity index (χ0n) is 14.8. The van der Waals surface area contributed by atoms with Gasteiger partial charge in [0.25, 0.3) is 0 Å². The molecule has 25 heavy (non-hydrogen) atoms. The fourth-order valence-electron chi connectivity index (χ4n) is 2.17. The molecular formula is C19H27NO5. The quantitative estimate of drug-likeness (QED) is 0.771. The predicted octanol–water partition coefficient (Wildman–Crippen LogP) is 2.36. The molecule has 0 fully saturated rings. The van der Waals surface area contributed by atoms with Crippen LogP contribution in [0.1, 0.15) is 30.4 Å². The second-order valence-corrected chi connectivity index (χ2v) is 4.90. The van der Waals surface area contributed by atoms with E-state index in [1.165, 1.54) is 16.7 Å². The van der Waals surface area contributed by atoms with E-state index in [0.717, 1.165) is 32.1 Å². The van der Waals surface area contributed by atoms with Gasteiger partial charge in [-0.2, -0.15) is 0 Å². The Morgan fingerprint density at radius 3 is 2.20 bits per heavy atom. The molecule has 6 heteroatoms. The average molecular weight is 349 g/mol. The van der Waals surface area contributed by atoms with Crippen molar-refractivity contribution in [2.45, 2.75) is 26.2 Å². The highest BCUT2D eigenvalue weighted by Crippen LogP contribution is 2.22. The van der Waals surface area contributed by atoms with E-state index in [1.54, 1.807) is 0 Å². The number of nitrogens with one attached hydrogen (secondary N) is 1. The van der Waals surface area contributed by atoms with Crippen molar-refractivity contribution in [3.05, 3.63) is 52.7 Å². The summed E-state index contributed by atoms with van der Waals surface area (Å²) in [5, 5.41) is 18.6. The molecule has 0 unspecified atom stereocenters. The summed E-state index contributed by atoms with van der Waals surface area (Å²) in [5.74, 6) is -0.824. The Morgan fingerprint density at radius 2 is 1.68 bits per heavy atom. The molecule has 0 saturated heterocycles. The molecule has 1 aromatic rings. The molecule has 6 nitrogen and oxygen atoms in total. The fraction of sp³-hybridized carbons (Fsp3) is 0.316. The smallest absolute Gasteiger partial charge is 0.322 e. The largest absolute Gasteiger partial charge is 0.480 e. The van der Waals surface area contributed by atoms with E-state index in [4.69, 9.17) is 19.8 Å². The number of allylic oxidation sites excluding steroid dienone is 3. The van der Waals surface area contributed by atoms with Gasteiger partial charge in [-0.25, -0.2) is 0 Å². The number of carbonyl (C=O) groups excluding carboxylic acids is 2. The van der Waals surface area contributed by atoms with Gasteiger partial charge in [0.1, 0.15) is 20.1 Å². The molecule has 0 heterocycles. The van der Waals surface area contributed by atoms with Crippen molar-refractivity contribution in [3.63, 3.8) is 0 Å². The number of aliphatic carboxylic acids is 1. The Kier molecular flexibility index (Phi) is 15.8. The van der Waals surface area contributed by atoms with E-state index < -0.39 is 5.97 Å². The number of carboxylic acid groups (broad SMARTS) is 1. The topological polar surface area (TPSA) is 104 Å². The van der Waals surface area contributed by atoms with Gasteiger partial charge in [0.2, 0.25) is 0 Å². The van der Waals surface area contributed by atoms with Gasteiger partial charge in [0.05, 0.1) is 0 Å². The minimum absolute atomic E-state index is 0.0103. The summed E-state index contributed by atoms with van der Waals surface area (Å²) in [6.45, 7) is 6.06. The van der Waals surface area contributed by atoms with Crippen molar-refractivity contribution in [3.8, 4) is 0 Å². The Balaban J connectivity index is 0. The minimum Gasteiger partial charge on any atom is -0.480 e. The summed E-state index contributed by atoms with van der Waals surface area (Å²) in [6.07, 6.45) is 7.29. The monoisotopic (exact) mass is 349 g/mol. The Labute approximate surface area is 148 Å². The predicted molar refractivity (Wildman–Crippen MR) is 99.1 cm³/mol. The van der Waals surface area contributed by atoms with Gasteiger partial charge < -0.3 is 25.1 Å². The number of aryl methyl sites for hydroxylation is 1. The number of aliphatic hydroxyl groups excluding tert-OH is 1. The van der Waals surface area contributed by atoms with E-state index in [0.29, 0.717) is 0 Å². The molecule has 0 spiro atoms. The zero-order chi connectivity index (χ0) is 19.7. The summed E-state index contributed by atoms with van der Waals surface area (Å²) in [4.78, 5) is 26.5. The first-order valence-corrected chi connectivity index (χ1v) is 7.59. The van der Waals surface area contributed by atoms with E-state index in [9.17, 15) is 4.79 Å². The summed E-state index contributed by atoms with van der Waals surface area (Å²) >= 11 is 0. The first-order chi connectivity index (χ1) is 12.1. The Bertz CT molecular complexity index is 547. The number of benzene rings is 1. The van der Waals surface area contributed by atoms with Crippen molar-refractivity contribution < 1.29 is 24.6 Å². The lowest BCUT2D eigenvalue weighted by molar-refractivity contribution is -0.135. The van der Waals surface area contributed by atoms with Crippen LogP contribution in [0.25, 0.3) is 6.08 Å². The molecule has 0 saturated carbocycles. The number of carboxylic acids is 1.